The van der Waals surface area contributed by atoms with Crippen LogP contribution < -0.4 is 5.32 Å². The summed E-state index contributed by atoms with van der Waals surface area (Å²) in [4.78, 5) is 33.8. The molecule has 1 saturated heterocycles. The van der Waals surface area contributed by atoms with Gasteiger partial charge in [-0.05, 0) is 25.5 Å². The maximum Gasteiger partial charge on any atom is 0.409 e. The van der Waals surface area contributed by atoms with Gasteiger partial charge in [-0.3, -0.25) is 4.79 Å². The number of carbonyl (C=O) groups is 2. The van der Waals surface area contributed by atoms with Crippen LogP contribution in [0.5, 0.6) is 0 Å². The van der Waals surface area contributed by atoms with Crippen molar-refractivity contribution in [3.05, 3.63) is 48.0 Å². The molecule has 1 fully saturated rings. The van der Waals surface area contributed by atoms with Gasteiger partial charge in [0.05, 0.1) is 12.2 Å². The Hall–Kier alpha value is -3.03. The number of carbonyl (C=O) groups excluding carboxylic acids is 2. The Labute approximate surface area is 150 Å². The van der Waals surface area contributed by atoms with Gasteiger partial charge in [0.1, 0.15) is 5.82 Å². The molecular formula is C18H19FN4O3. The average molecular weight is 358 g/mol. The third-order valence-electron chi connectivity index (χ3n) is 4.05. The highest BCUT2D eigenvalue weighted by Crippen LogP contribution is 2.16. The van der Waals surface area contributed by atoms with Crippen molar-refractivity contribution in [2.45, 2.75) is 19.4 Å². The number of benzene rings is 1. The molecule has 136 valence electrons. The highest BCUT2D eigenvalue weighted by Gasteiger charge is 2.28. The van der Waals surface area contributed by atoms with E-state index in [0.29, 0.717) is 43.1 Å². The van der Waals surface area contributed by atoms with E-state index in [1.54, 1.807) is 24.0 Å². The van der Waals surface area contributed by atoms with Crippen LogP contribution in [0.3, 0.4) is 0 Å². The second kappa shape index (κ2) is 7.90. The summed E-state index contributed by atoms with van der Waals surface area (Å²) in [6.07, 6.45) is 3.10. The normalized spacial score (nSPS) is 16.4. The van der Waals surface area contributed by atoms with E-state index in [9.17, 15) is 14.0 Å². The van der Waals surface area contributed by atoms with Crippen LogP contribution in [0.1, 0.15) is 23.7 Å². The Morgan fingerprint density at radius 1 is 1.35 bits per heavy atom. The molecule has 2 aromatic rings. The fraction of sp³-hybridized carbons (Fsp3) is 0.333. The molecule has 0 radical (unpaired) electrons. The molecule has 1 aliphatic rings. The Morgan fingerprint density at radius 2 is 2.12 bits per heavy atom. The topological polar surface area (TPSA) is 84.4 Å². The summed E-state index contributed by atoms with van der Waals surface area (Å²) in [5, 5.41) is 2.86. The molecule has 0 bridgehead atoms. The van der Waals surface area contributed by atoms with Gasteiger partial charge in [0.25, 0.3) is 5.91 Å². The van der Waals surface area contributed by atoms with Gasteiger partial charge in [-0.1, -0.05) is 12.1 Å². The second-order valence-electron chi connectivity index (χ2n) is 5.91. The van der Waals surface area contributed by atoms with Crippen molar-refractivity contribution in [1.82, 2.24) is 20.2 Å². The van der Waals surface area contributed by atoms with Crippen LogP contribution in [0, 0.1) is 5.82 Å². The van der Waals surface area contributed by atoms with Crippen molar-refractivity contribution in [3.63, 3.8) is 0 Å². The third-order valence-corrected chi connectivity index (χ3v) is 4.05. The molecule has 1 unspecified atom stereocenters. The molecule has 2 heterocycles. The number of ether oxygens (including phenoxy) is 1. The van der Waals surface area contributed by atoms with Gasteiger partial charge in [-0.25, -0.2) is 19.2 Å². The Kier molecular flexibility index (Phi) is 5.40. The van der Waals surface area contributed by atoms with Crippen molar-refractivity contribution < 1.29 is 18.7 Å². The SMILES string of the molecule is CCOC(=O)N1CCC(NC(=O)c2cnc(-c3cccc(F)c3)nc2)C1. The molecule has 1 atom stereocenters. The zero-order valence-corrected chi connectivity index (χ0v) is 14.3. The lowest BCUT2D eigenvalue weighted by Crippen LogP contribution is -2.38. The summed E-state index contributed by atoms with van der Waals surface area (Å²) in [5.41, 5.74) is 0.845. The second-order valence-corrected chi connectivity index (χ2v) is 5.91. The van der Waals surface area contributed by atoms with E-state index in [0.717, 1.165) is 0 Å². The predicted molar refractivity (Wildman–Crippen MR) is 91.9 cm³/mol. The number of nitrogens with one attached hydrogen (secondary N) is 1. The van der Waals surface area contributed by atoms with Crippen molar-refractivity contribution >= 4 is 12.0 Å². The molecule has 1 aromatic carbocycles. The lowest BCUT2D eigenvalue weighted by molar-refractivity contribution is 0.0929. The molecule has 0 aliphatic carbocycles. The number of halogens is 1. The molecular weight excluding hydrogens is 339 g/mol. The monoisotopic (exact) mass is 358 g/mol. The number of hydrogen-bond donors (Lipinski definition) is 1. The summed E-state index contributed by atoms with van der Waals surface area (Å²) in [7, 11) is 0. The van der Waals surface area contributed by atoms with E-state index in [1.807, 2.05) is 0 Å². The van der Waals surface area contributed by atoms with Gasteiger partial charge in [0.2, 0.25) is 0 Å². The Bertz CT molecular complexity index is 797. The number of nitrogens with zero attached hydrogens (tertiary/aromatic N) is 3. The van der Waals surface area contributed by atoms with Gasteiger partial charge in [-0.2, -0.15) is 0 Å². The molecule has 2 amide bonds. The van der Waals surface area contributed by atoms with Crippen LogP contribution in [-0.2, 0) is 4.74 Å². The number of likely N-dealkylation sites (tertiary alicyclic amines) is 1. The summed E-state index contributed by atoms with van der Waals surface area (Å²) in [6.45, 7) is 3.02. The van der Waals surface area contributed by atoms with Gasteiger partial charge >= 0.3 is 6.09 Å². The van der Waals surface area contributed by atoms with E-state index >= 15 is 0 Å². The molecule has 8 heteroatoms. The first-order chi connectivity index (χ1) is 12.6. The summed E-state index contributed by atoms with van der Waals surface area (Å²) in [6, 6.07) is 5.80. The first kappa shape index (κ1) is 17.8. The molecule has 7 nitrogen and oxygen atoms in total. The summed E-state index contributed by atoms with van der Waals surface area (Å²) >= 11 is 0. The Morgan fingerprint density at radius 3 is 2.81 bits per heavy atom. The average Bonchev–Trinajstić information content (AvgIpc) is 3.11. The van der Waals surface area contributed by atoms with Crippen LogP contribution in [-0.4, -0.2) is 52.6 Å². The molecule has 26 heavy (non-hydrogen) atoms. The molecule has 0 saturated carbocycles. The first-order valence-corrected chi connectivity index (χ1v) is 8.37. The minimum atomic E-state index is -0.375. The van der Waals surface area contributed by atoms with Gasteiger partial charge in [0, 0.05) is 37.1 Å². The smallest absolute Gasteiger partial charge is 0.409 e. The van der Waals surface area contributed by atoms with E-state index in [2.05, 4.69) is 15.3 Å². The third kappa shape index (κ3) is 4.14. The van der Waals surface area contributed by atoms with Crippen LogP contribution >= 0.6 is 0 Å². The summed E-state index contributed by atoms with van der Waals surface area (Å²) in [5.74, 6) is -0.345. The zero-order chi connectivity index (χ0) is 18.5. The largest absolute Gasteiger partial charge is 0.450 e. The maximum absolute atomic E-state index is 13.3. The number of amides is 2. The quantitative estimate of drug-likeness (QED) is 0.906. The molecule has 3 rings (SSSR count). The first-order valence-electron chi connectivity index (χ1n) is 8.37. The highest BCUT2D eigenvalue weighted by atomic mass is 19.1. The molecule has 1 N–H and O–H groups in total. The van der Waals surface area contributed by atoms with Crippen molar-refractivity contribution in [2.75, 3.05) is 19.7 Å². The Balaban J connectivity index is 1.60. The van der Waals surface area contributed by atoms with Gasteiger partial charge < -0.3 is 15.0 Å². The highest BCUT2D eigenvalue weighted by molar-refractivity contribution is 5.94. The minimum absolute atomic E-state index is 0.144. The number of hydrogen-bond acceptors (Lipinski definition) is 5. The van der Waals surface area contributed by atoms with Crippen molar-refractivity contribution in [1.29, 1.82) is 0 Å². The number of aromatic nitrogens is 2. The number of rotatable bonds is 4. The van der Waals surface area contributed by atoms with Crippen molar-refractivity contribution in [3.8, 4) is 11.4 Å². The van der Waals surface area contributed by atoms with Crippen LogP contribution in [0.4, 0.5) is 9.18 Å². The fourth-order valence-electron chi connectivity index (χ4n) is 2.75. The van der Waals surface area contributed by atoms with E-state index < -0.39 is 0 Å². The summed E-state index contributed by atoms with van der Waals surface area (Å²) < 4.78 is 18.2. The van der Waals surface area contributed by atoms with Gasteiger partial charge in [0.15, 0.2) is 5.82 Å². The van der Waals surface area contributed by atoms with Crippen LogP contribution in [0.2, 0.25) is 0 Å². The standard InChI is InChI=1S/C18H19FN4O3/c1-2-26-18(25)23-7-6-15(11-23)22-17(24)13-9-20-16(21-10-13)12-4-3-5-14(19)8-12/h3-5,8-10,15H,2,6-7,11H2,1H3,(H,22,24). The van der Waals surface area contributed by atoms with Crippen molar-refractivity contribution in [2.24, 2.45) is 0 Å². The van der Waals surface area contributed by atoms with Crippen LogP contribution in [0.25, 0.3) is 11.4 Å². The van der Waals surface area contributed by atoms with E-state index in [1.165, 1.54) is 24.5 Å². The lowest BCUT2D eigenvalue weighted by atomic mass is 10.2. The van der Waals surface area contributed by atoms with Crippen LogP contribution in [0.15, 0.2) is 36.7 Å². The maximum atomic E-state index is 13.3. The minimum Gasteiger partial charge on any atom is -0.450 e. The molecule has 1 aromatic heterocycles. The van der Waals surface area contributed by atoms with E-state index in [4.69, 9.17) is 4.74 Å². The molecule has 0 spiro atoms. The molecule has 1 aliphatic heterocycles. The lowest BCUT2D eigenvalue weighted by Gasteiger charge is -2.16. The fourth-order valence-corrected chi connectivity index (χ4v) is 2.75. The van der Waals surface area contributed by atoms with E-state index in [-0.39, 0.29) is 23.9 Å². The zero-order valence-electron chi connectivity index (χ0n) is 14.3. The predicted octanol–water partition coefficient (Wildman–Crippen LogP) is 2.24. The van der Waals surface area contributed by atoms with Gasteiger partial charge in [-0.15, -0.1) is 0 Å².